The standard InChI is InChI=1S/C16H15N5/c1-10-13-9-12(11-5-3-2-4-6-11)7-8-14(13)20-16(19-10)21-15(17)18/h2-9H,1H3,(H4,17,18,19,20,21). The van der Waals surface area contributed by atoms with Crippen LogP contribution < -0.4 is 11.1 Å². The number of nitrogens with two attached hydrogens (primary N) is 1. The van der Waals surface area contributed by atoms with Gasteiger partial charge in [0.25, 0.3) is 0 Å². The molecule has 0 fully saturated rings. The van der Waals surface area contributed by atoms with Crippen molar-refractivity contribution in [3.8, 4) is 11.1 Å². The number of aryl methyl sites for hydroxylation is 1. The first-order chi connectivity index (χ1) is 10.1. The molecule has 0 amide bonds. The van der Waals surface area contributed by atoms with Gasteiger partial charge in [-0.05, 0) is 30.2 Å². The second kappa shape index (κ2) is 5.20. The Labute approximate surface area is 122 Å². The molecule has 4 N–H and O–H groups in total. The second-order valence-corrected chi connectivity index (χ2v) is 4.77. The molecule has 5 heteroatoms. The number of guanidine groups is 1. The van der Waals surface area contributed by atoms with Crippen LogP contribution in [0, 0.1) is 12.3 Å². The molecule has 0 saturated carbocycles. The van der Waals surface area contributed by atoms with Gasteiger partial charge in [-0.3, -0.25) is 10.7 Å². The van der Waals surface area contributed by atoms with Crippen molar-refractivity contribution in [3.63, 3.8) is 0 Å². The van der Waals surface area contributed by atoms with Crippen LogP contribution in [0.5, 0.6) is 0 Å². The Morgan fingerprint density at radius 3 is 2.52 bits per heavy atom. The lowest BCUT2D eigenvalue weighted by Crippen LogP contribution is -2.22. The number of nitrogens with zero attached hydrogens (tertiary/aromatic N) is 2. The van der Waals surface area contributed by atoms with E-state index in [2.05, 4.69) is 33.5 Å². The molecule has 104 valence electrons. The number of nitrogens with one attached hydrogen (secondary N) is 2. The number of hydrogen-bond donors (Lipinski definition) is 3. The minimum absolute atomic E-state index is 0.172. The minimum Gasteiger partial charge on any atom is -0.370 e. The average Bonchev–Trinajstić information content (AvgIpc) is 2.47. The van der Waals surface area contributed by atoms with Gasteiger partial charge in [0, 0.05) is 5.39 Å². The first kappa shape index (κ1) is 13.1. The van der Waals surface area contributed by atoms with E-state index in [0.717, 1.165) is 27.7 Å². The molecule has 0 bridgehead atoms. The highest BCUT2D eigenvalue weighted by Crippen LogP contribution is 2.25. The Balaban J connectivity index is 2.11. The molecule has 1 aromatic heterocycles. The third-order valence-electron chi connectivity index (χ3n) is 3.24. The van der Waals surface area contributed by atoms with Gasteiger partial charge in [-0.2, -0.15) is 0 Å². The van der Waals surface area contributed by atoms with Gasteiger partial charge in [0.05, 0.1) is 11.2 Å². The molecule has 0 radical (unpaired) electrons. The average molecular weight is 277 g/mol. The van der Waals surface area contributed by atoms with Crippen LogP contribution in [0.1, 0.15) is 5.69 Å². The first-order valence-electron chi connectivity index (χ1n) is 6.58. The topological polar surface area (TPSA) is 87.7 Å². The summed E-state index contributed by atoms with van der Waals surface area (Å²) in [5.74, 6) is 0.176. The molecule has 1 heterocycles. The zero-order chi connectivity index (χ0) is 14.8. The second-order valence-electron chi connectivity index (χ2n) is 4.77. The van der Waals surface area contributed by atoms with Crippen LogP contribution in [0.4, 0.5) is 5.95 Å². The molecule has 0 spiro atoms. The molecule has 0 aliphatic carbocycles. The van der Waals surface area contributed by atoms with E-state index >= 15 is 0 Å². The quantitative estimate of drug-likeness (QED) is 0.496. The van der Waals surface area contributed by atoms with Crippen LogP contribution in [0.3, 0.4) is 0 Å². The van der Waals surface area contributed by atoms with Crippen molar-refractivity contribution in [2.75, 3.05) is 5.32 Å². The maximum absolute atomic E-state index is 7.24. The fourth-order valence-corrected chi connectivity index (χ4v) is 2.27. The molecule has 3 aromatic rings. The largest absolute Gasteiger partial charge is 0.370 e. The minimum atomic E-state index is -0.172. The van der Waals surface area contributed by atoms with E-state index in [4.69, 9.17) is 11.1 Å². The van der Waals surface area contributed by atoms with Gasteiger partial charge in [0.15, 0.2) is 5.96 Å². The Hall–Kier alpha value is -2.95. The molecular weight excluding hydrogens is 262 g/mol. The Morgan fingerprint density at radius 1 is 1.05 bits per heavy atom. The molecule has 21 heavy (non-hydrogen) atoms. The molecule has 0 aliphatic rings. The van der Waals surface area contributed by atoms with Gasteiger partial charge >= 0.3 is 0 Å². The van der Waals surface area contributed by atoms with E-state index in [-0.39, 0.29) is 5.96 Å². The van der Waals surface area contributed by atoms with E-state index in [1.54, 1.807) is 0 Å². The predicted octanol–water partition coefficient (Wildman–Crippen LogP) is 2.91. The summed E-state index contributed by atoms with van der Waals surface area (Å²) in [5, 5.41) is 10.9. The van der Waals surface area contributed by atoms with Gasteiger partial charge in [-0.15, -0.1) is 0 Å². The molecule has 5 nitrogen and oxygen atoms in total. The van der Waals surface area contributed by atoms with Gasteiger partial charge < -0.3 is 5.73 Å². The first-order valence-corrected chi connectivity index (χ1v) is 6.58. The number of hydrogen-bond acceptors (Lipinski definition) is 3. The summed E-state index contributed by atoms with van der Waals surface area (Å²) in [7, 11) is 0. The van der Waals surface area contributed by atoms with E-state index in [1.807, 2.05) is 37.3 Å². The molecule has 0 saturated heterocycles. The number of aromatic nitrogens is 2. The lowest BCUT2D eigenvalue weighted by molar-refractivity contribution is 1.15. The fourth-order valence-electron chi connectivity index (χ4n) is 2.27. The molecule has 0 aliphatic heterocycles. The Kier molecular flexibility index (Phi) is 3.23. The maximum Gasteiger partial charge on any atom is 0.230 e. The van der Waals surface area contributed by atoms with Gasteiger partial charge in [0.1, 0.15) is 0 Å². The van der Waals surface area contributed by atoms with E-state index in [0.29, 0.717) is 5.95 Å². The zero-order valence-corrected chi connectivity index (χ0v) is 11.6. The van der Waals surface area contributed by atoms with Crippen LogP contribution in [-0.2, 0) is 0 Å². The van der Waals surface area contributed by atoms with Gasteiger partial charge in [-0.25, -0.2) is 9.97 Å². The maximum atomic E-state index is 7.24. The smallest absolute Gasteiger partial charge is 0.230 e. The fraction of sp³-hybridized carbons (Fsp3) is 0.0625. The van der Waals surface area contributed by atoms with Gasteiger partial charge in [-0.1, -0.05) is 36.4 Å². The van der Waals surface area contributed by atoms with E-state index in [1.165, 1.54) is 0 Å². The SMILES string of the molecule is Cc1nc(NC(=N)N)nc2ccc(-c3ccccc3)cc12. The van der Waals surface area contributed by atoms with Crippen molar-refractivity contribution in [2.45, 2.75) is 6.92 Å². The monoisotopic (exact) mass is 277 g/mol. The summed E-state index contributed by atoms with van der Waals surface area (Å²) >= 11 is 0. The zero-order valence-electron chi connectivity index (χ0n) is 11.6. The van der Waals surface area contributed by atoms with Crippen LogP contribution in [0.25, 0.3) is 22.0 Å². The third-order valence-corrected chi connectivity index (χ3v) is 3.24. The summed E-state index contributed by atoms with van der Waals surface area (Å²) in [5.41, 5.74) is 9.27. The molecular formula is C16H15N5. The van der Waals surface area contributed by atoms with Crippen LogP contribution in [0.15, 0.2) is 48.5 Å². The summed E-state index contributed by atoms with van der Waals surface area (Å²) in [6.07, 6.45) is 0. The predicted molar refractivity (Wildman–Crippen MR) is 85.2 cm³/mol. The highest BCUT2D eigenvalue weighted by molar-refractivity contribution is 5.91. The molecule has 0 atom stereocenters. The van der Waals surface area contributed by atoms with Crippen molar-refractivity contribution < 1.29 is 0 Å². The van der Waals surface area contributed by atoms with E-state index in [9.17, 15) is 0 Å². The molecule has 2 aromatic carbocycles. The Bertz CT molecular complexity index is 812. The normalized spacial score (nSPS) is 10.5. The lowest BCUT2D eigenvalue weighted by Gasteiger charge is -2.08. The lowest BCUT2D eigenvalue weighted by atomic mass is 10.0. The van der Waals surface area contributed by atoms with Crippen molar-refractivity contribution in [3.05, 3.63) is 54.2 Å². The van der Waals surface area contributed by atoms with Crippen molar-refractivity contribution >= 4 is 22.8 Å². The summed E-state index contributed by atoms with van der Waals surface area (Å²) < 4.78 is 0. The summed E-state index contributed by atoms with van der Waals surface area (Å²) in [4.78, 5) is 8.70. The van der Waals surface area contributed by atoms with Crippen LogP contribution in [0.2, 0.25) is 0 Å². The van der Waals surface area contributed by atoms with Crippen molar-refractivity contribution in [1.82, 2.24) is 9.97 Å². The van der Waals surface area contributed by atoms with Crippen LogP contribution in [-0.4, -0.2) is 15.9 Å². The highest BCUT2D eigenvalue weighted by atomic mass is 15.2. The summed E-state index contributed by atoms with van der Waals surface area (Å²) in [6, 6.07) is 16.2. The number of rotatable bonds is 2. The summed E-state index contributed by atoms with van der Waals surface area (Å²) in [6.45, 7) is 1.92. The van der Waals surface area contributed by atoms with E-state index < -0.39 is 0 Å². The van der Waals surface area contributed by atoms with Crippen molar-refractivity contribution in [1.29, 1.82) is 5.41 Å². The highest BCUT2D eigenvalue weighted by Gasteiger charge is 2.07. The Morgan fingerprint density at radius 2 is 1.81 bits per heavy atom. The molecule has 3 rings (SSSR count). The van der Waals surface area contributed by atoms with Crippen LogP contribution >= 0.6 is 0 Å². The number of benzene rings is 2. The molecule has 0 unspecified atom stereocenters. The van der Waals surface area contributed by atoms with Gasteiger partial charge in [0.2, 0.25) is 5.95 Å². The number of fused-ring (bicyclic) bond motifs is 1. The van der Waals surface area contributed by atoms with Crippen molar-refractivity contribution in [2.24, 2.45) is 5.73 Å². The third kappa shape index (κ3) is 2.67. The number of anilines is 1.